The van der Waals surface area contributed by atoms with Crippen LogP contribution in [0.1, 0.15) is 5.01 Å². The van der Waals surface area contributed by atoms with E-state index in [1.165, 1.54) is 23.5 Å². The van der Waals surface area contributed by atoms with Gasteiger partial charge < -0.3 is 0 Å². The zero-order chi connectivity index (χ0) is 17.3. The molecule has 3 aromatic rings. The standard InChI is InChI=1S/C16H12F2N2O2S2/c1-10-19-15(9-23-10)11-5-7-12(8-6-11)20-24(21,22)16-13(17)3-2-4-14(16)18/h2-9,20H,1H3. The molecule has 0 radical (unpaired) electrons. The number of sulfonamides is 1. The van der Waals surface area contributed by atoms with Crippen molar-refractivity contribution < 1.29 is 17.2 Å². The SMILES string of the molecule is Cc1nc(-c2ccc(NS(=O)(=O)c3c(F)cccc3F)cc2)cs1. The number of anilines is 1. The molecule has 0 aliphatic heterocycles. The van der Waals surface area contributed by atoms with Crippen molar-refractivity contribution in [3.63, 3.8) is 0 Å². The second kappa shape index (κ2) is 6.29. The molecule has 24 heavy (non-hydrogen) atoms. The number of halogens is 2. The van der Waals surface area contributed by atoms with E-state index in [0.717, 1.165) is 34.5 Å². The van der Waals surface area contributed by atoms with Crippen LogP contribution in [0.15, 0.2) is 52.7 Å². The maximum atomic E-state index is 13.7. The van der Waals surface area contributed by atoms with Crippen LogP contribution in [0.2, 0.25) is 0 Å². The van der Waals surface area contributed by atoms with Crippen molar-refractivity contribution in [2.75, 3.05) is 4.72 Å². The number of aryl methyl sites for hydroxylation is 1. The Labute approximate surface area is 141 Å². The Balaban J connectivity index is 1.88. The summed E-state index contributed by atoms with van der Waals surface area (Å²) in [6, 6.07) is 9.29. The van der Waals surface area contributed by atoms with Gasteiger partial charge in [-0.2, -0.15) is 0 Å². The van der Waals surface area contributed by atoms with Crippen molar-refractivity contribution in [1.29, 1.82) is 0 Å². The third-order valence-electron chi connectivity index (χ3n) is 3.24. The molecule has 0 unspecified atom stereocenters. The van der Waals surface area contributed by atoms with Crippen LogP contribution in [0.3, 0.4) is 0 Å². The van der Waals surface area contributed by atoms with Gasteiger partial charge in [0.2, 0.25) is 0 Å². The first kappa shape index (κ1) is 16.5. The minimum absolute atomic E-state index is 0.202. The van der Waals surface area contributed by atoms with Crippen LogP contribution in [0, 0.1) is 18.6 Å². The van der Waals surface area contributed by atoms with Crippen molar-refractivity contribution >= 4 is 27.0 Å². The first-order valence-corrected chi connectivity index (χ1v) is 9.22. The molecule has 0 amide bonds. The number of rotatable bonds is 4. The molecule has 124 valence electrons. The van der Waals surface area contributed by atoms with Gasteiger partial charge in [-0.05, 0) is 31.2 Å². The fourth-order valence-corrected chi connectivity index (χ4v) is 3.97. The smallest absolute Gasteiger partial charge is 0.267 e. The molecule has 0 atom stereocenters. The Morgan fingerprint density at radius 2 is 1.67 bits per heavy atom. The highest BCUT2D eigenvalue weighted by molar-refractivity contribution is 7.92. The second-order valence-corrected chi connectivity index (χ2v) is 7.67. The average molecular weight is 366 g/mol. The Kier molecular flexibility index (Phi) is 4.33. The van der Waals surface area contributed by atoms with E-state index in [9.17, 15) is 17.2 Å². The Bertz CT molecular complexity index is 963. The Hall–Kier alpha value is -2.32. The molecule has 1 heterocycles. The van der Waals surface area contributed by atoms with Crippen LogP contribution >= 0.6 is 11.3 Å². The van der Waals surface area contributed by atoms with E-state index < -0.39 is 26.6 Å². The lowest BCUT2D eigenvalue weighted by Gasteiger charge is -2.10. The van der Waals surface area contributed by atoms with Gasteiger partial charge in [0.05, 0.1) is 10.7 Å². The molecular weight excluding hydrogens is 354 g/mol. The summed E-state index contributed by atoms with van der Waals surface area (Å²) in [5.74, 6) is -2.28. The van der Waals surface area contributed by atoms with Crippen LogP contribution in [0.4, 0.5) is 14.5 Å². The average Bonchev–Trinajstić information content (AvgIpc) is 2.93. The summed E-state index contributed by atoms with van der Waals surface area (Å²) in [5, 5.41) is 2.81. The molecule has 0 spiro atoms. The summed E-state index contributed by atoms with van der Waals surface area (Å²) in [7, 11) is -4.36. The van der Waals surface area contributed by atoms with Gasteiger partial charge in [0.25, 0.3) is 10.0 Å². The van der Waals surface area contributed by atoms with Gasteiger partial charge in [-0.1, -0.05) is 18.2 Å². The van der Waals surface area contributed by atoms with Gasteiger partial charge in [-0.3, -0.25) is 4.72 Å². The summed E-state index contributed by atoms with van der Waals surface area (Å²) in [6.45, 7) is 1.89. The largest absolute Gasteiger partial charge is 0.279 e. The van der Waals surface area contributed by atoms with Crippen molar-refractivity contribution in [2.45, 2.75) is 11.8 Å². The molecule has 8 heteroatoms. The first-order valence-electron chi connectivity index (χ1n) is 6.86. The van der Waals surface area contributed by atoms with Crippen LogP contribution < -0.4 is 4.72 Å². The minimum Gasteiger partial charge on any atom is -0.279 e. The van der Waals surface area contributed by atoms with Crippen LogP contribution in [-0.2, 0) is 10.0 Å². The van der Waals surface area contributed by atoms with E-state index in [0.29, 0.717) is 0 Å². The molecule has 1 aromatic heterocycles. The molecule has 0 fully saturated rings. The molecule has 2 aromatic carbocycles. The number of hydrogen-bond acceptors (Lipinski definition) is 4. The van der Waals surface area contributed by atoms with Crippen LogP contribution in [0.25, 0.3) is 11.3 Å². The summed E-state index contributed by atoms with van der Waals surface area (Å²) in [4.78, 5) is 3.34. The fraction of sp³-hybridized carbons (Fsp3) is 0.0625. The molecule has 0 saturated carbocycles. The van der Waals surface area contributed by atoms with Gasteiger partial charge in [0, 0.05) is 16.6 Å². The normalized spacial score (nSPS) is 11.5. The lowest BCUT2D eigenvalue weighted by Crippen LogP contribution is -2.16. The highest BCUT2D eigenvalue weighted by Gasteiger charge is 2.23. The highest BCUT2D eigenvalue weighted by atomic mass is 32.2. The van der Waals surface area contributed by atoms with E-state index >= 15 is 0 Å². The minimum atomic E-state index is -4.36. The third-order valence-corrected chi connectivity index (χ3v) is 5.44. The Morgan fingerprint density at radius 3 is 2.21 bits per heavy atom. The van der Waals surface area contributed by atoms with E-state index in [1.807, 2.05) is 12.3 Å². The molecule has 4 nitrogen and oxygen atoms in total. The summed E-state index contributed by atoms with van der Waals surface area (Å²) < 4.78 is 53.9. The zero-order valence-electron chi connectivity index (χ0n) is 12.5. The van der Waals surface area contributed by atoms with Gasteiger partial charge in [-0.15, -0.1) is 11.3 Å². The van der Waals surface area contributed by atoms with E-state index in [2.05, 4.69) is 9.71 Å². The number of benzene rings is 2. The van der Waals surface area contributed by atoms with E-state index in [1.54, 1.807) is 12.1 Å². The molecule has 0 bridgehead atoms. The van der Waals surface area contributed by atoms with E-state index in [4.69, 9.17) is 0 Å². The lowest BCUT2D eigenvalue weighted by molar-refractivity contribution is 0.521. The number of thiazole rings is 1. The molecule has 0 aliphatic rings. The highest BCUT2D eigenvalue weighted by Crippen LogP contribution is 2.25. The topological polar surface area (TPSA) is 59.1 Å². The van der Waals surface area contributed by atoms with Gasteiger partial charge in [-0.25, -0.2) is 22.2 Å². The van der Waals surface area contributed by atoms with Crippen molar-refractivity contribution in [3.8, 4) is 11.3 Å². The molecule has 0 saturated heterocycles. The maximum absolute atomic E-state index is 13.7. The quantitative estimate of drug-likeness (QED) is 0.753. The molecular formula is C16H12F2N2O2S2. The predicted octanol–water partition coefficient (Wildman–Crippen LogP) is 4.20. The number of nitrogens with one attached hydrogen (secondary N) is 1. The van der Waals surface area contributed by atoms with Crippen LogP contribution in [0.5, 0.6) is 0 Å². The monoisotopic (exact) mass is 366 g/mol. The second-order valence-electron chi connectivity index (χ2n) is 4.99. The van der Waals surface area contributed by atoms with Crippen molar-refractivity contribution in [2.24, 2.45) is 0 Å². The van der Waals surface area contributed by atoms with Crippen molar-refractivity contribution in [1.82, 2.24) is 4.98 Å². The number of hydrogen-bond donors (Lipinski definition) is 1. The maximum Gasteiger partial charge on any atom is 0.267 e. The first-order chi connectivity index (χ1) is 11.4. The lowest BCUT2D eigenvalue weighted by atomic mass is 10.1. The predicted molar refractivity (Wildman–Crippen MR) is 89.5 cm³/mol. The summed E-state index contributed by atoms with van der Waals surface area (Å²) in [6.07, 6.45) is 0. The molecule has 1 N–H and O–H groups in total. The molecule has 0 aliphatic carbocycles. The van der Waals surface area contributed by atoms with Gasteiger partial charge in [0.1, 0.15) is 11.6 Å². The van der Waals surface area contributed by atoms with Crippen LogP contribution in [-0.4, -0.2) is 13.4 Å². The fourth-order valence-electron chi connectivity index (χ4n) is 2.15. The number of aromatic nitrogens is 1. The van der Waals surface area contributed by atoms with Gasteiger partial charge >= 0.3 is 0 Å². The van der Waals surface area contributed by atoms with Crippen molar-refractivity contribution in [3.05, 3.63) is 64.5 Å². The summed E-state index contributed by atoms with van der Waals surface area (Å²) in [5.41, 5.74) is 1.81. The third kappa shape index (κ3) is 3.29. The molecule has 3 rings (SSSR count). The zero-order valence-corrected chi connectivity index (χ0v) is 14.1. The summed E-state index contributed by atoms with van der Waals surface area (Å²) >= 11 is 1.51. The van der Waals surface area contributed by atoms with Gasteiger partial charge in [0.15, 0.2) is 4.90 Å². The number of nitrogens with zero attached hydrogens (tertiary/aromatic N) is 1. The van der Waals surface area contributed by atoms with E-state index in [-0.39, 0.29) is 5.69 Å². The Morgan fingerprint density at radius 1 is 1.04 bits per heavy atom.